The molecule has 2 aliphatic heterocycles. The fourth-order valence-electron chi connectivity index (χ4n) is 2.85. The Morgan fingerprint density at radius 2 is 1.96 bits per heavy atom. The summed E-state index contributed by atoms with van der Waals surface area (Å²) >= 11 is 0. The molecule has 0 aromatic heterocycles. The van der Waals surface area contributed by atoms with Gasteiger partial charge in [0.25, 0.3) is 5.91 Å². The van der Waals surface area contributed by atoms with Gasteiger partial charge in [-0.15, -0.1) is 0 Å². The number of nitrogens with zero attached hydrogens (tertiary/aromatic N) is 2. The van der Waals surface area contributed by atoms with Crippen molar-refractivity contribution in [2.75, 3.05) is 19.9 Å². The van der Waals surface area contributed by atoms with Crippen molar-refractivity contribution >= 4 is 17.9 Å². The number of piperidine rings is 1. The van der Waals surface area contributed by atoms with E-state index in [1.165, 1.54) is 6.08 Å². The summed E-state index contributed by atoms with van der Waals surface area (Å²) in [6, 6.07) is 7.19. The molecular weight excluding hydrogens is 310 g/mol. The Morgan fingerprint density at radius 3 is 2.62 bits per heavy atom. The van der Waals surface area contributed by atoms with Crippen molar-refractivity contribution in [2.24, 2.45) is 11.7 Å². The fraction of sp³-hybridized carbons (Fsp3) is 0.353. The van der Waals surface area contributed by atoms with Gasteiger partial charge in [-0.3, -0.25) is 9.59 Å². The number of likely N-dealkylation sites (tertiary alicyclic amines) is 1. The maximum Gasteiger partial charge on any atom is 0.264 e. The number of ether oxygens (including phenoxy) is 2. The lowest BCUT2D eigenvalue weighted by molar-refractivity contribution is -0.131. The molecule has 7 heteroatoms. The molecule has 2 amide bonds. The zero-order valence-electron chi connectivity index (χ0n) is 13.0. The molecule has 1 saturated heterocycles. The maximum absolute atomic E-state index is 12.5. The van der Waals surface area contributed by atoms with Gasteiger partial charge >= 0.3 is 0 Å². The summed E-state index contributed by atoms with van der Waals surface area (Å²) in [5.41, 5.74) is 6.03. The van der Waals surface area contributed by atoms with Crippen molar-refractivity contribution < 1.29 is 19.1 Å². The summed E-state index contributed by atoms with van der Waals surface area (Å²) in [6.45, 7) is 1.01. The summed E-state index contributed by atoms with van der Waals surface area (Å²) in [7, 11) is 0. The molecule has 0 bridgehead atoms. The number of rotatable bonds is 3. The fourth-order valence-corrected chi connectivity index (χ4v) is 2.85. The Bertz CT molecular complexity index is 743. The Kier molecular flexibility index (Phi) is 4.38. The normalized spacial score (nSPS) is 17.5. The van der Waals surface area contributed by atoms with Crippen LogP contribution >= 0.6 is 0 Å². The lowest BCUT2D eigenvalue weighted by atomic mass is 9.96. The Labute approximate surface area is 139 Å². The first-order chi connectivity index (χ1) is 11.6. The predicted molar refractivity (Wildman–Crippen MR) is 84.7 cm³/mol. The molecule has 0 atom stereocenters. The molecule has 2 aliphatic rings. The first kappa shape index (κ1) is 15.9. The Morgan fingerprint density at radius 1 is 1.25 bits per heavy atom. The minimum Gasteiger partial charge on any atom is -0.454 e. The minimum atomic E-state index is -0.335. The summed E-state index contributed by atoms with van der Waals surface area (Å²) in [5.74, 6) is 0.371. The third-order valence-corrected chi connectivity index (χ3v) is 4.24. The molecular formula is C17H17N3O4. The average molecular weight is 327 g/mol. The number of nitrogens with two attached hydrogens (primary N) is 1. The number of fused-ring (bicyclic) bond motifs is 1. The number of benzene rings is 1. The van der Waals surface area contributed by atoms with Crippen molar-refractivity contribution in [1.82, 2.24) is 4.90 Å². The SMILES string of the molecule is N#CC(=Cc1ccc2c(c1)OCO2)C(=O)N1CCC(C(N)=O)CC1. The number of carbonyl (C=O) groups excluding carboxylic acids is 2. The Hall–Kier alpha value is -3.01. The van der Waals surface area contributed by atoms with Crippen molar-refractivity contribution in [3.63, 3.8) is 0 Å². The molecule has 1 fully saturated rings. The van der Waals surface area contributed by atoms with E-state index in [1.54, 1.807) is 23.1 Å². The van der Waals surface area contributed by atoms with Crippen LogP contribution in [0.5, 0.6) is 11.5 Å². The van der Waals surface area contributed by atoms with Crippen molar-refractivity contribution in [3.05, 3.63) is 29.3 Å². The predicted octanol–water partition coefficient (Wildman–Crippen LogP) is 1.05. The van der Waals surface area contributed by atoms with Crippen LogP contribution in [0.2, 0.25) is 0 Å². The second kappa shape index (κ2) is 6.62. The smallest absolute Gasteiger partial charge is 0.264 e. The number of hydrogen-bond donors (Lipinski definition) is 1. The molecule has 1 aromatic carbocycles. The maximum atomic E-state index is 12.5. The highest BCUT2D eigenvalue weighted by Crippen LogP contribution is 2.33. The summed E-state index contributed by atoms with van der Waals surface area (Å²) < 4.78 is 10.5. The molecule has 24 heavy (non-hydrogen) atoms. The number of carbonyl (C=O) groups is 2. The third kappa shape index (κ3) is 3.18. The molecule has 0 aliphatic carbocycles. The van der Waals surface area contributed by atoms with E-state index < -0.39 is 0 Å². The lowest BCUT2D eigenvalue weighted by Crippen LogP contribution is -2.42. The molecule has 124 valence electrons. The third-order valence-electron chi connectivity index (χ3n) is 4.24. The number of amides is 2. The van der Waals surface area contributed by atoms with E-state index in [0.29, 0.717) is 43.0 Å². The molecule has 0 spiro atoms. The largest absolute Gasteiger partial charge is 0.454 e. The Balaban J connectivity index is 1.73. The van der Waals surface area contributed by atoms with E-state index in [2.05, 4.69) is 0 Å². The summed E-state index contributed by atoms with van der Waals surface area (Å²) in [4.78, 5) is 25.3. The van der Waals surface area contributed by atoms with Crippen molar-refractivity contribution in [2.45, 2.75) is 12.8 Å². The van der Waals surface area contributed by atoms with Gasteiger partial charge in [-0.25, -0.2) is 0 Å². The van der Waals surface area contributed by atoms with Gasteiger partial charge < -0.3 is 20.1 Å². The molecule has 7 nitrogen and oxygen atoms in total. The number of nitriles is 1. The molecule has 1 aromatic rings. The quantitative estimate of drug-likeness (QED) is 0.660. The summed E-state index contributed by atoms with van der Waals surface area (Å²) in [5, 5.41) is 9.33. The highest BCUT2D eigenvalue weighted by molar-refractivity contribution is 6.01. The first-order valence-electron chi connectivity index (χ1n) is 7.68. The molecule has 2 N–H and O–H groups in total. The monoisotopic (exact) mass is 327 g/mol. The van der Waals surface area contributed by atoms with Gasteiger partial charge in [0.2, 0.25) is 12.7 Å². The number of primary amides is 1. The summed E-state index contributed by atoms with van der Waals surface area (Å²) in [6.07, 6.45) is 2.60. The first-order valence-corrected chi connectivity index (χ1v) is 7.68. The van der Waals surface area contributed by atoms with Crippen LogP contribution < -0.4 is 15.2 Å². The zero-order chi connectivity index (χ0) is 17.1. The zero-order valence-corrected chi connectivity index (χ0v) is 13.0. The highest BCUT2D eigenvalue weighted by Gasteiger charge is 2.27. The van der Waals surface area contributed by atoms with Crippen molar-refractivity contribution in [3.8, 4) is 17.6 Å². The van der Waals surface area contributed by atoms with Gasteiger partial charge in [-0.05, 0) is 36.6 Å². The van der Waals surface area contributed by atoms with Crippen LogP contribution in [-0.4, -0.2) is 36.6 Å². The minimum absolute atomic E-state index is 0.0476. The van der Waals surface area contributed by atoms with Crippen LogP contribution in [0.25, 0.3) is 6.08 Å². The molecule has 0 saturated carbocycles. The van der Waals surface area contributed by atoms with Crippen molar-refractivity contribution in [1.29, 1.82) is 5.26 Å². The van der Waals surface area contributed by atoms with E-state index in [0.717, 1.165) is 0 Å². The second-order valence-corrected chi connectivity index (χ2v) is 5.75. The lowest BCUT2D eigenvalue weighted by Gasteiger charge is -2.30. The van der Waals surface area contributed by atoms with E-state index >= 15 is 0 Å². The molecule has 3 rings (SSSR count). The second-order valence-electron chi connectivity index (χ2n) is 5.75. The molecule has 0 unspecified atom stereocenters. The van der Waals surface area contributed by atoms with Crippen LogP contribution in [0.15, 0.2) is 23.8 Å². The van der Waals surface area contributed by atoms with Crippen LogP contribution in [0.4, 0.5) is 0 Å². The van der Waals surface area contributed by atoms with Crippen LogP contribution in [-0.2, 0) is 9.59 Å². The topological polar surface area (TPSA) is 106 Å². The van der Waals surface area contributed by atoms with Crippen LogP contribution in [0, 0.1) is 17.2 Å². The van der Waals surface area contributed by atoms with Gasteiger partial charge in [-0.2, -0.15) is 5.26 Å². The van der Waals surface area contributed by atoms with Crippen LogP contribution in [0.3, 0.4) is 0 Å². The van der Waals surface area contributed by atoms with Gasteiger partial charge in [0.05, 0.1) is 0 Å². The number of hydrogen-bond acceptors (Lipinski definition) is 5. The van der Waals surface area contributed by atoms with E-state index in [1.807, 2.05) is 6.07 Å². The molecule has 0 radical (unpaired) electrons. The van der Waals surface area contributed by atoms with Gasteiger partial charge in [0, 0.05) is 19.0 Å². The molecule has 2 heterocycles. The van der Waals surface area contributed by atoms with E-state index in [9.17, 15) is 14.9 Å². The van der Waals surface area contributed by atoms with E-state index in [-0.39, 0.29) is 30.1 Å². The van der Waals surface area contributed by atoms with Gasteiger partial charge in [0.15, 0.2) is 11.5 Å². The standard InChI is InChI=1S/C17H17N3O4/c18-9-13(7-11-1-2-14-15(8-11)24-10-23-14)17(22)20-5-3-12(4-6-20)16(19)21/h1-2,7-8,12H,3-6,10H2,(H2,19,21). The van der Waals surface area contributed by atoms with E-state index in [4.69, 9.17) is 15.2 Å². The average Bonchev–Trinajstić information content (AvgIpc) is 3.07. The van der Waals surface area contributed by atoms with Gasteiger partial charge in [-0.1, -0.05) is 6.07 Å². The van der Waals surface area contributed by atoms with Gasteiger partial charge in [0.1, 0.15) is 11.6 Å². The highest BCUT2D eigenvalue weighted by atomic mass is 16.7. The van der Waals surface area contributed by atoms with Crippen LogP contribution in [0.1, 0.15) is 18.4 Å².